The number of benzene rings is 1. The van der Waals surface area contributed by atoms with E-state index < -0.39 is 0 Å². The maximum absolute atomic E-state index is 11.0. The summed E-state index contributed by atoms with van der Waals surface area (Å²) in [7, 11) is 1.53. The molecule has 6 nitrogen and oxygen atoms in total. The van der Waals surface area contributed by atoms with Crippen LogP contribution < -0.4 is 10.1 Å². The third-order valence-corrected chi connectivity index (χ3v) is 4.57. The van der Waals surface area contributed by atoms with Gasteiger partial charge in [-0.15, -0.1) is 0 Å². The summed E-state index contributed by atoms with van der Waals surface area (Å²) >= 11 is 0. The summed E-state index contributed by atoms with van der Waals surface area (Å²) in [6.07, 6.45) is 3.71. The first kappa shape index (κ1) is 14.3. The predicted molar refractivity (Wildman–Crippen MR) is 79.5 cm³/mol. The van der Waals surface area contributed by atoms with Crippen LogP contribution in [0.3, 0.4) is 0 Å². The molecule has 0 spiro atoms. The summed E-state index contributed by atoms with van der Waals surface area (Å²) < 4.78 is 5.15. The van der Waals surface area contributed by atoms with Crippen LogP contribution in [0, 0.1) is 10.1 Å². The van der Waals surface area contributed by atoms with Crippen molar-refractivity contribution in [1.82, 2.24) is 10.2 Å². The lowest BCUT2D eigenvalue weighted by atomic mass is 10.1. The molecule has 2 saturated heterocycles. The maximum atomic E-state index is 11.0. The molecule has 0 saturated carbocycles. The molecule has 2 atom stereocenters. The van der Waals surface area contributed by atoms with Crippen molar-refractivity contribution in [3.8, 4) is 5.75 Å². The number of hydrogen-bond donors (Lipinski definition) is 1. The van der Waals surface area contributed by atoms with E-state index in [-0.39, 0.29) is 10.6 Å². The van der Waals surface area contributed by atoms with Crippen molar-refractivity contribution in [3.63, 3.8) is 0 Å². The highest BCUT2D eigenvalue weighted by Gasteiger charge is 2.36. The van der Waals surface area contributed by atoms with Gasteiger partial charge < -0.3 is 10.1 Å². The molecule has 6 heteroatoms. The third-order valence-electron chi connectivity index (χ3n) is 4.57. The minimum atomic E-state index is -0.375. The largest absolute Gasteiger partial charge is 0.496 e. The second-order valence-corrected chi connectivity index (χ2v) is 5.82. The summed E-state index contributed by atoms with van der Waals surface area (Å²) in [5.41, 5.74) is 0.984. The molecule has 1 aromatic carbocycles. The van der Waals surface area contributed by atoms with Gasteiger partial charge in [0.2, 0.25) is 0 Å². The summed E-state index contributed by atoms with van der Waals surface area (Å²) in [5.74, 6) is 0.537. The molecule has 1 N–H and O–H groups in total. The van der Waals surface area contributed by atoms with Gasteiger partial charge >= 0.3 is 0 Å². The van der Waals surface area contributed by atoms with Gasteiger partial charge in [0.25, 0.3) is 5.69 Å². The Morgan fingerprint density at radius 2 is 2.24 bits per heavy atom. The Morgan fingerprint density at radius 3 is 3.00 bits per heavy atom. The van der Waals surface area contributed by atoms with Crippen molar-refractivity contribution >= 4 is 5.69 Å². The molecular weight excluding hydrogens is 270 g/mol. The van der Waals surface area contributed by atoms with Crippen LogP contribution in [0.2, 0.25) is 0 Å². The number of nitro groups is 1. The van der Waals surface area contributed by atoms with Crippen molar-refractivity contribution in [2.45, 2.75) is 37.9 Å². The van der Waals surface area contributed by atoms with E-state index in [4.69, 9.17) is 4.74 Å². The Bertz CT molecular complexity index is 535. The first-order valence-corrected chi connectivity index (χ1v) is 7.47. The van der Waals surface area contributed by atoms with E-state index in [1.165, 1.54) is 39.1 Å². The molecule has 0 amide bonds. The van der Waals surface area contributed by atoms with Gasteiger partial charge in [-0.1, -0.05) is 0 Å². The van der Waals surface area contributed by atoms with E-state index in [1.807, 2.05) is 6.07 Å². The van der Waals surface area contributed by atoms with E-state index in [1.54, 1.807) is 6.07 Å². The van der Waals surface area contributed by atoms with Crippen molar-refractivity contribution < 1.29 is 9.66 Å². The first-order chi connectivity index (χ1) is 10.2. The zero-order chi connectivity index (χ0) is 14.8. The van der Waals surface area contributed by atoms with Crippen LogP contribution in [0.1, 0.15) is 24.8 Å². The fraction of sp³-hybridized carbons (Fsp3) is 0.600. The first-order valence-electron chi connectivity index (χ1n) is 7.47. The molecule has 0 aromatic heterocycles. The molecule has 2 aliphatic heterocycles. The minimum Gasteiger partial charge on any atom is -0.496 e. The molecule has 2 unspecified atom stereocenters. The molecule has 0 aliphatic carbocycles. The summed E-state index contributed by atoms with van der Waals surface area (Å²) in [6.45, 7) is 3.03. The van der Waals surface area contributed by atoms with Crippen LogP contribution >= 0.6 is 0 Å². The average molecular weight is 291 g/mol. The number of nitrogens with one attached hydrogen (secondary N) is 1. The summed E-state index contributed by atoms with van der Waals surface area (Å²) in [6, 6.07) is 6.08. The third kappa shape index (κ3) is 3.01. The second kappa shape index (κ2) is 5.99. The van der Waals surface area contributed by atoms with Gasteiger partial charge in [-0.3, -0.25) is 15.0 Å². The lowest BCUT2D eigenvalue weighted by molar-refractivity contribution is -0.385. The highest BCUT2D eigenvalue weighted by Crippen LogP contribution is 2.28. The van der Waals surface area contributed by atoms with Gasteiger partial charge in [-0.2, -0.15) is 0 Å². The Kier molecular flexibility index (Phi) is 4.07. The zero-order valence-electron chi connectivity index (χ0n) is 12.2. The standard InChI is InChI=1S/C15H21N3O3/c1-21-13-8-11(7-12(9-13)18(19)20)10-16-14-4-6-17-5-2-3-15(14)17/h7-9,14-16H,2-6,10H2,1H3. The normalized spacial score (nSPS) is 25.0. The molecule has 2 fully saturated rings. The van der Waals surface area contributed by atoms with Crippen molar-refractivity contribution in [2.24, 2.45) is 0 Å². The van der Waals surface area contributed by atoms with E-state index in [9.17, 15) is 10.1 Å². The lowest BCUT2D eigenvalue weighted by Crippen LogP contribution is -2.38. The zero-order valence-corrected chi connectivity index (χ0v) is 12.2. The van der Waals surface area contributed by atoms with Crippen molar-refractivity contribution in [1.29, 1.82) is 0 Å². The quantitative estimate of drug-likeness (QED) is 0.663. The Morgan fingerprint density at radius 1 is 1.38 bits per heavy atom. The van der Waals surface area contributed by atoms with E-state index in [0.29, 0.717) is 24.4 Å². The molecule has 21 heavy (non-hydrogen) atoms. The predicted octanol–water partition coefficient (Wildman–Crippen LogP) is 1.93. The maximum Gasteiger partial charge on any atom is 0.273 e. The highest BCUT2D eigenvalue weighted by molar-refractivity contribution is 5.42. The van der Waals surface area contributed by atoms with E-state index >= 15 is 0 Å². The van der Waals surface area contributed by atoms with Crippen LogP contribution in [0.4, 0.5) is 5.69 Å². The molecular formula is C15H21N3O3. The number of nitrogens with zero attached hydrogens (tertiary/aromatic N) is 2. The number of methoxy groups -OCH3 is 1. The van der Waals surface area contributed by atoms with E-state index in [0.717, 1.165) is 12.0 Å². The van der Waals surface area contributed by atoms with Gasteiger partial charge in [0.1, 0.15) is 5.75 Å². The Hall–Kier alpha value is -1.66. The number of ether oxygens (including phenoxy) is 1. The highest BCUT2D eigenvalue weighted by atomic mass is 16.6. The molecule has 2 heterocycles. The van der Waals surface area contributed by atoms with Crippen LogP contribution in [-0.2, 0) is 6.54 Å². The SMILES string of the molecule is COc1cc(CNC2CCN3CCCC23)cc([N+](=O)[O-])c1. The second-order valence-electron chi connectivity index (χ2n) is 5.82. The monoisotopic (exact) mass is 291 g/mol. The van der Waals surface area contributed by atoms with Crippen molar-refractivity contribution in [2.75, 3.05) is 20.2 Å². The molecule has 1 aromatic rings. The Balaban J connectivity index is 1.67. The fourth-order valence-corrected chi connectivity index (χ4v) is 3.54. The number of nitro benzene ring substituents is 1. The van der Waals surface area contributed by atoms with Crippen LogP contribution in [-0.4, -0.2) is 42.1 Å². The van der Waals surface area contributed by atoms with E-state index in [2.05, 4.69) is 10.2 Å². The molecule has 3 rings (SSSR count). The number of non-ortho nitro benzene ring substituents is 1. The lowest BCUT2D eigenvalue weighted by Gasteiger charge is -2.21. The minimum absolute atomic E-state index is 0.0834. The average Bonchev–Trinajstić information content (AvgIpc) is 3.08. The van der Waals surface area contributed by atoms with Gasteiger partial charge in [0, 0.05) is 31.2 Å². The number of hydrogen-bond acceptors (Lipinski definition) is 5. The smallest absolute Gasteiger partial charge is 0.273 e. The van der Waals surface area contributed by atoms with Gasteiger partial charge in [0.05, 0.1) is 18.1 Å². The number of rotatable bonds is 5. The summed E-state index contributed by atoms with van der Waals surface area (Å²) in [4.78, 5) is 13.1. The number of fused-ring (bicyclic) bond motifs is 1. The molecule has 114 valence electrons. The van der Waals surface area contributed by atoms with Gasteiger partial charge in [0.15, 0.2) is 0 Å². The molecule has 0 bridgehead atoms. The summed E-state index contributed by atoms with van der Waals surface area (Å²) in [5, 5.41) is 14.5. The van der Waals surface area contributed by atoms with Crippen LogP contribution in [0.25, 0.3) is 0 Å². The topological polar surface area (TPSA) is 67.6 Å². The van der Waals surface area contributed by atoms with Crippen LogP contribution in [0.15, 0.2) is 18.2 Å². The Labute approximate surface area is 124 Å². The van der Waals surface area contributed by atoms with Crippen LogP contribution in [0.5, 0.6) is 5.75 Å². The van der Waals surface area contributed by atoms with Gasteiger partial charge in [-0.05, 0) is 37.4 Å². The fourth-order valence-electron chi connectivity index (χ4n) is 3.54. The van der Waals surface area contributed by atoms with Crippen molar-refractivity contribution in [3.05, 3.63) is 33.9 Å². The van der Waals surface area contributed by atoms with Gasteiger partial charge in [-0.25, -0.2) is 0 Å². The molecule has 0 radical (unpaired) electrons. The molecule has 2 aliphatic rings.